The molecule has 0 aliphatic heterocycles. The zero-order valence-corrected chi connectivity index (χ0v) is 13.1. The minimum Gasteiger partial charge on any atom is -0.390 e. The van der Waals surface area contributed by atoms with Gasteiger partial charge in [-0.2, -0.15) is 23.8 Å². The first-order chi connectivity index (χ1) is 9.20. The predicted octanol–water partition coefficient (Wildman–Crippen LogP) is 1.64. The van der Waals surface area contributed by atoms with Crippen molar-refractivity contribution in [3.63, 3.8) is 0 Å². The smallest absolute Gasteiger partial charge is 0.390 e. The molecule has 0 spiro atoms. The summed E-state index contributed by atoms with van der Waals surface area (Å²) in [7, 11) is 0. The van der Waals surface area contributed by atoms with Gasteiger partial charge in [-0.05, 0) is 18.4 Å². The molecule has 2 rings (SSSR count). The van der Waals surface area contributed by atoms with Crippen molar-refractivity contribution in [3.05, 3.63) is 65.7 Å². The van der Waals surface area contributed by atoms with Gasteiger partial charge < -0.3 is 4.90 Å². The zero-order chi connectivity index (χ0) is 13.7. The van der Waals surface area contributed by atoms with E-state index in [0.717, 1.165) is 13.1 Å². The molecule has 1 nitrogen and oxygen atoms in total. The molecule has 2 aromatic carbocycles. The molecule has 0 bridgehead atoms. The van der Waals surface area contributed by atoms with E-state index in [1.807, 2.05) is 6.07 Å². The van der Waals surface area contributed by atoms with Crippen LogP contribution < -0.4 is 23.8 Å². The summed E-state index contributed by atoms with van der Waals surface area (Å²) in [6.45, 7) is 8.58. The van der Waals surface area contributed by atoms with E-state index in [1.54, 1.807) is 0 Å². The standard InChI is InChI=1S/C18H22N.Li/c1-4-19(14-16-9-6-5-7-10-16)18-12-8-11-17(13-18)15(2)3;/h5-11,13,15H,4,14H2,1-3H3;/q-1;+1. The Morgan fingerprint density at radius 1 is 1.10 bits per heavy atom. The van der Waals surface area contributed by atoms with Gasteiger partial charge in [-0.1, -0.05) is 49.9 Å². The molecule has 0 saturated heterocycles. The summed E-state index contributed by atoms with van der Waals surface area (Å²) in [6, 6.07) is 20.4. The maximum Gasteiger partial charge on any atom is 1.00 e. The summed E-state index contributed by atoms with van der Waals surface area (Å²) in [6.07, 6.45) is 0. The molecule has 0 unspecified atom stereocenters. The second kappa shape index (κ2) is 8.20. The summed E-state index contributed by atoms with van der Waals surface area (Å²) in [5.74, 6) is 0.559. The first-order valence-electron chi connectivity index (χ1n) is 7.01. The molecule has 0 aliphatic rings. The van der Waals surface area contributed by atoms with Crippen LogP contribution in [0.3, 0.4) is 0 Å². The minimum atomic E-state index is 0. The average molecular weight is 259 g/mol. The molecule has 0 saturated carbocycles. The van der Waals surface area contributed by atoms with E-state index in [4.69, 9.17) is 0 Å². The van der Waals surface area contributed by atoms with Crippen molar-refractivity contribution in [1.82, 2.24) is 0 Å². The van der Waals surface area contributed by atoms with Gasteiger partial charge in [0, 0.05) is 13.1 Å². The van der Waals surface area contributed by atoms with Gasteiger partial charge in [0.25, 0.3) is 0 Å². The van der Waals surface area contributed by atoms with Gasteiger partial charge in [0.1, 0.15) is 0 Å². The van der Waals surface area contributed by atoms with Gasteiger partial charge >= 0.3 is 18.9 Å². The Labute approximate surface area is 135 Å². The van der Waals surface area contributed by atoms with E-state index in [2.05, 4.69) is 74.2 Å². The van der Waals surface area contributed by atoms with Crippen LogP contribution in [0.15, 0.2) is 48.5 Å². The molecule has 0 heterocycles. The largest absolute Gasteiger partial charge is 1.00 e. The molecule has 0 amide bonds. The summed E-state index contributed by atoms with van der Waals surface area (Å²) in [4.78, 5) is 2.36. The van der Waals surface area contributed by atoms with Crippen LogP contribution in [-0.4, -0.2) is 6.54 Å². The Kier molecular flexibility index (Phi) is 6.92. The second-order valence-electron chi connectivity index (χ2n) is 5.16. The number of benzene rings is 2. The summed E-state index contributed by atoms with van der Waals surface area (Å²) in [5.41, 5.74) is 3.91. The van der Waals surface area contributed by atoms with Crippen LogP contribution in [0.1, 0.15) is 37.8 Å². The van der Waals surface area contributed by atoms with E-state index in [9.17, 15) is 0 Å². The Morgan fingerprint density at radius 2 is 1.80 bits per heavy atom. The molecule has 100 valence electrons. The van der Waals surface area contributed by atoms with Gasteiger partial charge in [0.2, 0.25) is 0 Å². The molecule has 20 heavy (non-hydrogen) atoms. The Balaban J connectivity index is 0.00000200. The fourth-order valence-corrected chi connectivity index (χ4v) is 2.18. The van der Waals surface area contributed by atoms with Crippen molar-refractivity contribution in [3.8, 4) is 0 Å². The number of hydrogen-bond donors (Lipinski definition) is 0. The molecule has 0 radical (unpaired) electrons. The molecular formula is C18H22LiN. The fraction of sp³-hybridized carbons (Fsp3) is 0.333. The first-order valence-corrected chi connectivity index (χ1v) is 7.01. The van der Waals surface area contributed by atoms with Crippen molar-refractivity contribution in [2.45, 2.75) is 33.2 Å². The predicted molar refractivity (Wildman–Crippen MR) is 82.5 cm³/mol. The molecule has 2 heteroatoms. The van der Waals surface area contributed by atoms with E-state index >= 15 is 0 Å². The van der Waals surface area contributed by atoms with Crippen LogP contribution in [-0.2, 0) is 6.54 Å². The van der Waals surface area contributed by atoms with Gasteiger partial charge in [0.05, 0.1) is 0 Å². The van der Waals surface area contributed by atoms with Gasteiger partial charge in [-0.25, -0.2) is 0 Å². The summed E-state index contributed by atoms with van der Waals surface area (Å²) >= 11 is 0. The molecule has 2 aromatic rings. The van der Waals surface area contributed by atoms with Crippen LogP contribution in [0.5, 0.6) is 0 Å². The fourth-order valence-electron chi connectivity index (χ4n) is 2.18. The number of nitrogens with zero attached hydrogens (tertiary/aromatic N) is 1. The van der Waals surface area contributed by atoms with Crippen molar-refractivity contribution in [2.24, 2.45) is 0 Å². The molecule has 0 aliphatic carbocycles. The summed E-state index contributed by atoms with van der Waals surface area (Å²) in [5, 5.41) is 0. The van der Waals surface area contributed by atoms with Crippen LogP contribution in [0.4, 0.5) is 5.69 Å². The van der Waals surface area contributed by atoms with Gasteiger partial charge in [-0.3, -0.25) is 0 Å². The van der Waals surface area contributed by atoms with Crippen molar-refractivity contribution in [2.75, 3.05) is 11.4 Å². The van der Waals surface area contributed by atoms with Crippen LogP contribution in [0.25, 0.3) is 0 Å². The first kappa shape index (κ1) is 16.9. The monoisotopic (exact) mass is 259 g/mol. The Hall–Kier alpha value is -1.16. The second-order valence-corrected chi connectivity index (χ2v) is 5.16. The van der Waals surface area contributed by atoms with Gasteiger partial charge in [-0.15, -0.1) is 6.07 Å². The van der Waals surface area contributed by atoms with Crippen molar-refractivity contribution in [1.29, 1.82) is 0 Å². The molecule has 0 atom stereocenters. The normalized spacial score (nSPS) is 10.2. The van der Waals surface area contributed by atoms with Crippen molar-refractivity contribution >= 4 is 5.69 Å². The van der Waals surface area contributed by atoms with Gasteiger partial charge in [0.15, 0.2) is 0 Å². The van der Waals surface area contributed by atoms with E-state index in [0.29, 0.717) is 5.92 Å². The SMILES string of the molecule is CCN(Cc1ccccc1)c1[c-]ccc(C(C)C)c1.[Li+]. The molecule has 0 aromatic heterocycles. The van der Waals surface area contributed by atoms with Crippen LogP contribution in [0, 0.1) is 6.07 Å². The Bertz CT molecular complexity index is 508. The summed E-state index contributed by atoms with van der Waals surface area (Å²) < 4.78 is 0. The van der Waals surface area contributed by atoms with E-state index in [-0.39, 0.29) is 18.9 Å². The topological polar surface area (TPSA) is 3.24 Å². The number of anilines is 1. The number of hydrogen-bond acceptors (Lipinski definition) is 1. The Morgan fingerprint density at radius 3 is 2.40 bits per heavy atom. The van der Waals surface area contributed by atoms with Crippen LogP contribution >= 0.6 is 0 Å². The molecule has 0 N–H and O–H groups in total. The van der Waals surface area contributed by atoms with E-state index in [1.165, 1.54) is 16.8 Å². The van der Waals surface area contributed by atoms with Crippen molar-refractivity contribution < 1.29 is 18.9 Å². The number of rotatable bonds is 5. The third kappa shape index (κ3) is 4.44. The van der Waals surface area contributed by atoms with Crippen LogP contribution in [0.2, 0.25) is 0 Å². The average Bonchev–Trinajstić information content (AvgIpc) is 2.46. The molecule has 0 fully saturated rings. The zero-order valence-electron chi connectivity index (χ0n) is 13.1. The molecular weight excluding hydrogens is 237 g/mol. The minimum absolute atomic E-state index is 0. The quantitative estimate of drug-likeness (QED) is 0.583. The third-order valence-corrected chi connectivity index (χ3v) is 3.42. The third-order valence-electron chi connectivity index (χ3n) is 3.42. The van der Waals surface area contributed by atoms with E-state index < -0.39 is 0 Å². The maximum absolute atomic E-state index is 3.36. The maximum atomic E-state index is 3.36.